The zero-order valence-electron chi connectivity index (χ0n) is 15.8. The van der Waals surface area contributed by atoms with Crippen molar-refractivity contribution in [3.8, 4) is 0 Å². The van der Waals surface area contributed by atoms with Crippen molar-refractivity contribution >= 4 is 36.2 Å². The summed E-state index contributed by atoms with van der Waals surface area (Å²) in [6, 6.07) is 0. The van der Waals surface area contributed by atoms with E-state index in [1.807, 2.05) is 0 Å². The Morgan fingerprint density at radius 3 is 1.12 bits per heavy atom. The predicted octanol–water partition coefficient (Wildman–Crippen LogP) is 4.50. The van der Waals surface area contributed by atoms with Crippen molar-refractivity contribution in [2.75, 3.05) is 0 Å². The van der Waals surface area contributed by atoms with E-state index in [9.17, 15) is 4.79 Å². The van der Waals surface area contributed by atoms with E-state index in [4.69, 9.17) is 22.6 Å². The molecule has 0 bridgehead atoms. The number of aliphatic carboxylic acids is 1. The zero-order chi connectivity index (χ0) is 19.4. The number of carboxylic acid groups (broad SMARTS) is 1. The van der Waals surface area contributed by atoms with Crippen LogP contribution in [0.15, 0.2) is 0 Å². The molecule has 0 aromatic rings. The number of carbonyl (C=O) groups is 1. The molecule has 0 fully saturated rings. The van der Waals surface area contributed by atoms with E-state index in [0.717, 1.165) is 12.8 Å². The molecule has 0 rings (SSSR count). The second-order valence-electron chi connectivity index (χ2n) is 6.54. The maximum absolute atomic E-state index is 10.3. The summed E-state index contributed by atoms with van der Waals surface area (Å²) < 4.78 is 31.6. The van der Waals surface area contributed by atoms with Gasteiger partial charge in [0.15, 0.2) is 0 Å². The summed E-state index contributed by atoms with van der Waals surface area (Å²) in [6.45, 7) is 2.27. The fourth-order valence-corrected chi connectivity index (χ4v) is 2.65. The Labute approximate surface area is 173 Å². The van der Waals surface area contributed by atoms with Gasteiger partial charge in [-0.3, -0.25) is 13.9 Å². The van der Waals surface area contributed by atoms with Crippen LogP contribution in [0.1, 0.15) is 110 Å². The molecule has 0 atom stereocenters. The summed E-state index contributed by atoms with van der Waals surface area (Å²) in [4.78, 5) is 10.3. The third-order valence-electron chi connectivity index (χ3n) is 3.99. The van der Waals surface area contributed by atoms with Crippen LogP contribution in [0.2, 0.25) is 0 Å². The Bertz CT molecular complexity index is 379. The van der Waals surface area contributed by atoms with Crippen LogP contribution >= 0.6 is 0 Å². The number of unbranched alkanes of at least 4 members (excludes halogenated alkanes) is 14. The molecule has 0 spiro atoms. The molecule has 0 unspecified atom stereocenters. The Morgan fingerprint density at radius 1 is 0.654 bits per heavy atom. The average Bonchev–Trinajstić information content (AvgIpc) is 2.49. The SMILES string of the molecule is CCCCCCCCCCCCCCCCCC(=O)O.O=S(=O)(O)O.[GaH3]. The van der Waals surface area contributed by atoms with Crippen molar-refractivity contribution in [3.63, 3.8) is 0 Å². The topological polar surface area (TPSA) is 112 Å². The number of carboxylic acids is 1. The minimum absolute atomic E-state index is 0. The van der Waals surface area contributed by atoms with E-state index >= 15 is 0 Å². The first-order valence-corrected chi connectivity index (χ1v) is 11.1. The molecular weight excluding hydrogens is 414 g/mol. The average molecular weight is 455 g/mol. The third-order valence-corrected chi connectivity index (χ3v) is 3.99. The van der Waals surface area contributed by atoms with Crippen LogP contribution in [0, 0.1) is 0 Å². The van der Waals surface area contributed by atoms with E-state index < -0.39 is 16.4 Å². The summed E-state index contributed by atoms with van der Waals surface area (Å²) in [5.74, 6) is -0.653. The van der Waals surface area contributed by atoms with Gasteiger partial charge in [-0.2, -0.15) is 8.42 Å². The molecule has 26 heavy (non-hydrogen) atoms. The zero-order valence-corrected chi connectivity index (χ0v) is 16.6. The summed E-state index contributed by atoms with van der Waals surface area (Å²) >= 11 is 0. The summed E-state index contributed by atoms with van der Waals surface area (Å²) in [7, 11) is -4.67. The van der Waals surface area contributed by atoms with Crippen LogP contribution in [0.4, 0.5) is 0 Å². The molecule has 0 aromatic heterocycles. The van der Waals surface area contributed by atoms with Gasteiger partial charge in [0.2, 0.25) is 0 Å². The van der Waals surface area contributed by atoms with Gasteiger partial charge >= 0.3 is 36.2 Å². The van der Waals surface area contributed by atoms with Crippen molar-refractivity contribution < 1.29 is 27.4 Å². The van der Waals surface area contributed by atoms with E-state index in [1.54, 1.807) is 0 Å². The van der Waals surface area contributed by atoms with Crippen LogP contribution in [-0.4, -0.2) is 48.4 Å². The minimum atomic E-state index is -4.67. The van der Waals surface area contributed by atoms with Gasteiger partial charge in [-0.25, -0.2) is 0 Å². The Hall–Kier alpha value is -0.0236. The molecule has 8 heteroatoms. The predicted molar refractivity (Wildman–Crippen MR) is 111 cm³/mol. The molecule has 6 nitrogen and oxygen atoms in total. The van der Waals surface area contributed by atoms with Crippen molar-refractivity contribution in [3.05, 3.63) is 0 Å². The van der Waals surface area contributed by atoms with Crippen LogP contribution in [0.25, 0.3) is 0 Å². The van der Waals surface area contributed by atoms with Gasteiger partial charge in [0.1, 0.15) is 0 Å². The van der Waals surface area contributed by atoms with E-state index in [1.165, 1.54) is 83.5 Å². The van der Waals surface area contributed by atoms with Crippen LogP contribution in [0.3, 0.4) is 0 Å². The van der Waals surface area contributed by atoms with Gasteiger partial charge < -0.3 is 5.11 Å². The van der Waals surface area contributed by atoms with Gasteiger partial charge in [-0.1, -0.05) is 96.8 Å². The van der Waals surface area contributed by atoms with Crippen molar-refractivity contribution in [1.29, 1.82) is 0 Å². The van der Waals surface area contributed by atoms with E-state index in [2.05, 4.69) is 6.92 Å². The quantitative estimate of drug-likeness (QED) is 0.180. The monoisotopic (exact) mass is 454 g/mol. The fraction of sp³-hybridized carbons (Fsp3) is 0.944. The molecule has 158 valence electrons. The molecule has 0 amide bonds. The van der Waals surface area contributed by atoms with E-state index in [-0.39, 0.29) is 19.8 Å². The van der Waals surface area contributed by atoms with Crippen molar-refractivity contribution in [2.45, 2.75) is 110 Å². The molecule has 0 aliphatic heterocycles. The first kappa shape index (κ1) is 30.7. The Kier molecular flexibility index (Phi) is 27.2. The molecule has 0 saturated heterocycles. The van der Waals surface area contributed by atoms with E-state index in [0.29, 0.717) is 6.42 Å². The van der Waals surface area contributed by atoms with Crippen LogP contribution < -0.4 is 0 Å². The molecule has 0 saturated carbocycles. The molecule has 0 aliphatic carbocycles. The standard InChI is InChI=1S/C18H36O2.Ga.H2O4S.3H/c1-2-3-4-5-6-7-8-9-10-11-12-13-14-15-16-17-18(19)20;;1-5(2,3)4;;;/h2-17H2,1H3,(H,19,20);;(H2,1,2,3,4);;;. The molecule has 0 heterocycles. The second kappa shape index (κ2) is 23.0. The third kappa shape index (κ3) is 43.9. The van der Waals surface area contributed by atoms with Crippen LogP contribution in [-0.2, 0) is 15.2 Å². The van der Waals surface area contributed by atoms with Gasteiger partial charge in [0.25, 0.3) is 0 Å². The normalized spacial score (nSPS) is 10.6. The maximum atomic E-state index is 10.3. The van der Waals surface area contributed by atoms with Gasteiger partial charge in [0, 0.05) is 6.42 Å². The van der Waals surface area contributed by atoms with Gasteiger partial charge in [-0.15, -0.1) is 0 Å². The molecule has 3 N–H and O–H groups in total. The number of hydrogen-bond donors (Lipinski definition) is 3. The van der Waals surface area contributed by atoms with Gasteiger partial charge in [-0.05, 0) is 6.42 Å². The first-order valence-electron chi connectivity index (χ1n) is 9.69. The summed E-state index contributed by atoms with van der Waals surface area (Å²) in [6.07, 6.45) is 20.2. The number of hydrogen-bond acceptors (Lipinski definition) is 3. The first-order chi connectivity index (χ1) is 11.8. The Balaban J connectivity index is -0.000000772. The molecule has 0 aliphatic rings. The Morgan fingerprint density at radius 2 is 0.885 bits per heavy atom. The van der Waals surface area contributed by atoms with Crippen LogP contribution in [0.5, 0.6) is 0 Å². The molecule has 0 radical (unpaired) electrons. The summed E-state index contributed by atoms with van der Waals surface area (Å²) in [5.41, 5.74) is 0. The van der Waals surface area contributed by atoms with Crippen molar-refractivity contribution in [1.82, 2.24) is 0 Å². The number of rotatable bonds is 16. The summed E-state index contributed by atoms with van der Waals surface area (Å²) in [5, 5.41) is 8.52. The van der Waals surface area contributed by atoms with Crippen molar-refractivity contribution in [2.24, 2.45) is 0 Å². The second-order valence-corrected chi connectivity index (χ2v) is 7.44. The molecular formula is C18H41GaO6S. The molecule has 0 aromatic carbocycles. The fourth-order valence-electron chi connectivity index (χ4n) is 2.65. The van der Waals surface area contributed by atoms with Gasteiger partial charge in [0.05, 0.1) is 0 Å².